The SMILES string of the molecule is CCCC(C)(NC(=O)OCC1c2ccccc2-c2ccccc21)C(=O)N1CC(C(=O)O)CCC1C. The number of benzene rings is 2. The van der Waals surface area contributed by atoms with E-state index in [9.17, 15) is 19.5 Å². The Morgan fingerprint density at radius 2 is 1.66 bits per heavy atom. The van der Waals surface area contributed by atoms with E-state index in [0.29, 0.717) is 25.7 Å². The van der Waals surface area contributed by atoms with Crippen molar-refractivity contribution in [2.45, 2.75) is 64.0 Å². The van der Waals surface area contributed by atoms with Gasteiger partial charge in [-0.1, -0.05) is 61.9 Å². The Balaban J connectivity index is 1.46. The van der Waals surface area contributed by atoms with Crippen molar-refractivity contribution in [1.82, 2.24) is 10.2 Å². The zero-order valence-corrected chi connectivity index (χ0v) is 20.6. The van der Waals surface area contributed by atoms with E-state index in [1.54, 1.807) is 11.8 Å². The molecule has 7 heteroatoms. The fourth-order valence-electron chi connectivity index (χ4n) is 5.49. The van der Waals surface area contributed by atoms with Gasteiger partial charge in [0, 0.05) is 18.5 Å². The number of nitrogens with one attached hydrogen (secondary N) is 1. The summed E-state index contributed by atoms with van der Waals surface area (Å²) in [6.45, 7) is 5.90. The third-order valence-electron chi connectivity index (χ3n) is 7.44. The summed E-state index contributed by atoms with van der Waals surface area (Å²) >= 11 is 0. The van der Waals surface area contributed by atoms with Gasteiger partial charge in [0.15, 0.2) is 0 Å². The van der Waals surface area contributed by atoms with E-state index in [1.165, 1.54) is 0 Å². The summed E-state index contributed by atoms with van der Waals surface area (Å²) in [6, 6.07) is 16.2. The van der Waals surface area contributed by atoms with Gasteiger partial charge in [-0.25, -0.2) is 4.79 Å². The average molecular weight is 479 g/mol. The fraction of sp³-hybridized carbons (Fsp3) is 0.464. The summed E-state index contributed by atoms with van der Waals surface area (Å²) in [5.41, 5.74) is 3.36. The van der Waals surface area contributed by atoms with Gasteiger partial charge in [0.1, 0.15) is 12.1 Å². The minimum absolute atomic E-state index is 0.0697. The van der Waals surface area contributed by atoms with Gasteiger partial charge in [0.2, 0.25) is 5.91 Å². The lowest BCUT2D eigenvalue weighted by molar-refractivity contribution is -0.149. The zero-order chi connectivity index (χ0) is 25.2. The van der Waals surface area contributed by atoms with Gasteiger partial charge in [0.25, 0.3) is 0 Å². The van der Waals surface area contributed by atoms with Crippen LogP contribution in [0.25, 0.3) is 11.1 Å². The second kappa shape index (κ2) is 10.1. The standard InChI is InChI=1S/C28H34N2O5/c1-4-15-28(3,26(33)30-16-19(25(31)32)14-13-18(30)2)29-27(34)35-17-24-22-11-7-5-9-20(22)21-10-6-8-12-23(21)24/h5-12,18-19,24H,4,13-17H2,1-3H3,(H,29,34)(H,31,32). The number of likely N-dealkylation sites (tertiary alicyclic amines) is 1. The molecule has 2 aliphatic rings. The summed E-state index contributed by atoms with van der Waals surface area (Å²) in [7, 11) is 0. The van der Waals surface area contributed by atoms with E-state index in [4.69, 9.17) is 4.74 Å². The number of carboxylic acids is 1. The molecule has 186 valence electrons. The number of aliphatic carboxylic acids is 1. The average Bonchev–Trinajstić information content (AvgIpc) is 3.16. The molecule has 7 nitrogen and oxygen atoms in total. The molecule has 1 aliphatic carbocycles. The van der Waals surface area contributed by atoms with Gasteiger partial charge >= 0.3 is 12.1 Å². The summed E-state index contributed by atoms with van der Waals surface area (Å²) in [4.78, 5) is 39.7. The highest BCUT2D eigenvalue weighted by atomic mass is 16.5. The van der Waals surface area contributed by atoms with Crippen LogP contribution < -0.4 is 5.32 Å². The Hall–Kier alpha value is -3.35. The molecule has 1 heterocycles. The number of carboxylic acid groups (broad SMARTS) is 1. The molecule has 0 aromatic heterocycles. The van der Waals surface area contributed by atoms with Gasteiger partial charge < -0.3 is 20.1 Å². The van der Waals surface area contributed by atoms with Gasteiger partial charge in [-0.2, -0.15) is 0 Å². The number of fused-ring (bicyclic) bond motifs is 3. The molecule has 4 rings (SSSR count). The number of ether oxygens (including phenoxy) is 1. The highest BCUT2D eigenvalue weighted by molar-refractivity contribution is 5.90. The molecule has 2 aromatic carbocycles. The van der Waals surface area contributed by atoms with Crippen LogP contribution in [0.1, 0.15) is 63.5 Å². The molecule has 2 N–H and O–H groups in total. The van der Waals surface area contributed by atoms with E-state index in [-0.39, 0.29) is 31.0 Å². The first-order valence-electron chi connectivity index (χ1n) is 12.4. The molecule has 0 spiro atoms. The minimum atomic E-state index is -1.17. The van der Waals surface area contributed by atoms with Crippen molar-refractivity contribution in [3.63, 3.8) is 0 Å². The summed E-state index contributed by atoms with van der Waals surface area (Å²) in [5, 5.41) is 12.3. The van der Waals surface area contributed by atoms with Gasteiger partial charge in [-0.15, -0.1) is 0 Å². The largest absolute Gasteiger partial charge is 0.481 e. The van der Waals surface area contributed by atoms with Crippen LogP contribution in [0.2, 0.25) is 0 Å². The highest BCUT2D eigenvalue weighted by Gasteiger charge is 2.42. The van der Waals surface area contributed by atoms with Crippen LogP contribution in [0.3, 0.4) is 0 Å². The second-order valence-electron chi connectivity index (χ2n) is 9.95. The van der Waals surface area contributed by atoms with Gasteiger partial charge in [-0.05, 0) is 55.4 Å². The molecule has 35 heavy (non-hydrogen) atoms. The zero-order valence-electron chi connectivity index (χ0n) is 20.6. The molecule has 0 bridgehead atoms. The number of piperidine rings is 1. The van der Waals surface area contributed by atoms with E-state index in [2.05, 4.69) is 29.6 Å². The van der Waals surface area contributed by atoms with Crippen LogP contribution in [0, 0.1) is 5.92 Å². The topological polar surface area (TPSA) is 95.9 Å². The van der Waals surface area contributed by atoms with Crippen molar-refractivity contribution < 1.29 is 24.2 Å². The monoisotopic (exact) mass is 478 g/mol. The predicted octanol–water partition coefficient (Wildman–Crippen LogP) is 4.80. The number of rotatable bonds is 7. The lowest BCUT2D eigenvalue weighted by Crippen LogP contribution is -2.61. The van der Waals surface area contributed by atoms with Crippen molar-refractivity contribution in [3.05, 3.63) is 59.7 Å². The van der Waals surface area contributed by atoms with Crippen molar-refractivity contribution >= 4 is 18.0 Å². The first kappa shape index (κ1) is 24.8. The molecule has 3 unspecified atom stereocenters. The lowest BCUT2D eigenvalue weighted by Gasteiger charge is -2.42. The third kappa shape index (κ3) is 4.90. The first-order chi connectivity index (χ1) is 16.7. The maximum absolute atomic E-state index is 13.6. The first-order valence-corrected chi connectivity index (χ1v) is 12.4. The third-order valence-corrected chi connectivity index (χ3v) is 7.44. The van der Waals surface area contributed by atoms with Crippen LogP contribution in [0.15, 0.2) is 48.5 Å². The maximum atomic E-state index is 13.6. The number of carbonyl (C=O) groups excluding carboxylic acids is 2. The Kier molecular flexibility index (Phi) is 7.15. The molecule has 1 aliphatic heterocycles. The summed E-state index contributed by atoms with van der Waals surface area (Å²) in [6.07, 6.45) is 1.63. The van der Waals surface area contributed by atoms with Crippen molar-refractivity contribution in [2.75, 3.05) is 13.2 Å². The quantitative estimate of drug-likeness (QED) is 0.596. The van der Waals surface area contributed by atoms with E-state index < -0.39 is 23.5 Å². The Morgan fingerprint density at radius 1 is 1.06 bits per heavy atom. The lowest BCUT2D eigenvalue weighted by atomic mass is 9.88. The number of hydrogen-bond donors (Lipinski definition) is 2. The van der Waals surface area contributed by atoms with Gasteiger partial charge in [0.05, 0.1) is 5.92 Å². The van der Waals surface area contributed by atoms with E-state index in [0.717, 1.165) is 22.3 Å². The number of hydrogen-bond acceptors (Lipinski definition) is 4. The summed E-state index contributed by atoms with van der Waals surface area (Å²) < 4.78 is 5.69. The van der Waals surface area contributed by atoms with Crippen LogP contribution in [-0.2, 0) is 14.3 Å². The van der Waals surface area contributed by atoms with Crippen molar-refractivity contribution in [2.24, 2.45) is 5.92 Å². The molecule has 0 radical (unpaired) electrons. The molecule has 3 atom stereocenters. The number of carbonyl (C=O) groups is 3. The molecular formula is C28H34N2O5. The summed E-state index contributed by atoms with van der Waals surface area (Å²) in [5.74, 6) is -1.81. The smallest absolute Gasteiger partial charge is 0.408 e. The molecular weight excluding hydrogens is 444 g/mol. The molecule has 2 aromatic rings. The van der Waals surface area contributed by atoms with Crippen LogP contribution in [0.5, 0.6) is 0 Å². The fourth-order valence-corrected chi connectivity index (χ4v) is 5.49. The maximum Gasteiger partial charge on any atom is 0.408 e. The van der Waals surface area contributed by atoms with E-state index >= 15 is 0 Å². The molecule has 0 saturated carbocycles. The molecule has 1 fully saturated rings. The highest BCUT2D eigenvalue weighted by Crippen LogP contribution is 2.44. The van der Waals surface area contributed by atoms with Crippen molar-refractivity contribution in [1.29, 1.82) is 0 Å². The Bertz CT molecular complexity index is 1070. The van der Waals surface area contributed by atoms with Crippen LogP contribution >= 0.6 is 0 Å². The van der Waals surface area contributed by atoms with Crippen molar-refractivity contribution in [3.8, 4) is 11.1 Å². The predicted molar refractivity (Wildman–Crippen MR) is 133 cm³/mol. The number of nitrogens with zero attached hydrogens (tertiary/aromatic N) is 1. The van der Waals surface area contributed by atoms with Crippen LogP contribution in [0.4, 0.5) is 4.79 Å². The normalized spacial score (nSPS) is 20.9. The number of amides is 2. The van der Waals surface area contributed by atoms with Gasteiger partial charge in [-0.3, -0.25) is 9.59 Å². The molecule has 2 amide bonds. The van der Waals surface area contributed by atoms with E-state index in [1.807, 2.05) is 38.1 Å². The Morgan fingerprint density at radius 3 is 2.23 bits per heavy atom. The number of alkyl carbamates (subject to hydrolysis) is 1. The minimum Gasteiger partial charge on any atom is -0.481 e. The molecule has 1 saturated heterocycles. The second-order valence-corrected chi connectivity index (χ2v) is 9.95. The Labute approximate surface area is 206 Å². The van der Waals surface area contributed by atoms with Crippen LogP contribution in [-0.4, -0.2) is 52.7 Å².